The van der Waals surface area contributed by atoms with Crippen LogP contribution >= 0.6 is 11.8 Å². The number of aromatic nitrogens is 4. The molecule has 30 heavy (non-hydrogen) atoms. The lowest BCUT2D eigenvalue weighted by Crippen LogP contribution is -2.04. The number of benzene rings is 2. The van der Waals surface area contributed by atoms with E-state index in [4.69, 9.17) is 0 Å². The highest BCUT2D eigenvalue weighted by atomic mass is 32.2. The van der Waals surface area contributed by atoms with Gasteiger partial charge in [-0.1, -0.05) is 36.4 Å². The minimum atomic E-state index is -4.39. The Kier molecular flexibility index (Phi) is 5.54. The number of hydrogen-bond acceptors (Lipinski definition) is 5. The summed E-state index contributed by atoms with van der Waals surface area (Å²) in [6.45, 7) is 0. The zero-order valence-electron chi connectivity index (χ0n) is 15.5. The molecular formula is C21H15F3N4OS. The van der Waals surface area contributed by atoms with E-state index < -0.39 is 11.7 Å². The fourth-order valence-electron chi connectivity index (χ4n) is 2.91. The van der Waals surface area contributed by atoms with Crippen LogP contribution in [-0.4, -0.2) is 25.9 Å². The third-order valence-electron chi connectivity index (χ3n) is 4.31. The number of thioether (sulfide) groups is 1. The van der Waals surface area contributed by atoms with E-state index >= 15 is 0 Å². The van der Waals surface area contributed by atoms with Crippen LogP contribution in [0.1, 0.15) is 33.1 Å². The maximum absolute atomic E-state index is 12.9. The number of halogens is 3. The molecular weight excluding hydrogens is 413 g/mol. The number of rotatable bonds is 6. The van der Waals surface area contributed by atoms with E-state index in [1.165, 1.54) is 22.3 Å². The van der Waals surface area contributed by atoms with Crippen LogP contribution in [0.2, 0.25) is 0 Å². The van der Waals surface area contributed by atoms with Crippen LogP contribution in [0.4, 0.5) is 13.2 Å². The molecule has 0 saturated carbocycles. The highest BCUT2D eigenvalue weighted by Gasteiger charge is 2.30. The lowest BCUT2D eigenvalue weighted by Gasteiger charge is -2.08. The van der Waals surface area contributed by atoms with Crippen LogP contribution < -0.4 is 0 Å². The minimum absolute atomic E-state index is 0.283. The summed E-state index contributed by atoms with van der Waals surface area (Å²) < 4.78 is 40.0. The number of fused-ring (bicyclic) bond motifs is 1. The van der Waals surface area contributed by atoms with Crippen molar-refractivity contribution in [2.24, 2.45) is 0 Å². The van der Waals surface area contributed by atoms with Gasteiger partial charge in [-0.25, -0.2) is 4.98 Å². The van der Waals surface area contributed by atoms with Crippen molar-refractivity contribution < 1.29 is 18.0 Å². The van der Waals surface area contributed by atoms with Crippen molar-refractivity contribution >= 4 is 23.8 Å². The molecule has 9 heteroatoms. The fourth-order valence-corrected chi connectivity index (χ4v) is 3.76. The van der Waals surface area contributed by atoms with Gasteiger partial charge in [0.2, 0.25) is 0 Å². The smallest absolute Gasteiger partial charge is 0.296 e. The van der Waals surface area contributed by atoms with Gasteiger partial charge in [-0.3, -0.25) is 4.79 Å². The van der Waals surface area contributed by atoms with Gasteiger partial charge in [0.25, 0.3) is 5.78 Å². The predicted molar refractivity (Wildman–Crippen MR) is 106 cm³/mol. The van der Waals surface area contributed by atoms with Gasteiger partial charge in [-0.15, -0.1) is 16.9 Å². The molecule has 0 aliphatic rings. The number of carbonyl (C=O) groups is 1. The summed E-state index contributed by atoms with van der Waals surface area (Å²) in [5, 5.41) is 4.36. The van der Waals surface area contributed by atoms with Crippen molar-refractivity contribution in [1.82, 2.24) is 19.6 Å². The Morgan fingerprint density at radius 2 is 1.80 bits per heavy atom. The number of aldehydes is 1. The normalized spacial score (nSPS) is 11.7. The molecule has 0 radical (unpaired) electrons. The van der Waals surface area contributed by atoms with E-state index in [1.54, 1.807) is 12.1 Å². The molecule has 0 unspecified atom stereocenters. The van der Waals surface area contributed by atoms with Gasteiger partial charge in [0.05, 0.1) is 11.3 Å². The van der Waals surface area contributed by atoms with Crippen LogP contribution in [0.25, 0.3) is 5.78 Å². The molecule has 0 spiro atoms. The number of hydrogen-bond donors (Lipinski definition) is 0. The van der Waals surface area contributed by atoms with Crippen molar-refractivity contribution in [3.05, 3.63) is 89.0 Å². The first kappa shape index (κ1) is 20.1. The first-order valence-electron chi connectivity index (χ1n) is 8.97. The van der Waals surface area contributed by atoms with Crippen molar-refractivity contribution in [3.8, 4) is 0 Å². The molecule has 152 valence electrons. The standard InChI is InChI=1S/C21H15F3N4OS/c22-21(23,24)15-7-4-8-18(10-15)30-13-16-11-17(12-29)28-20(25-16)26-19(27-28)9-14-5-2-1-3-6-14/h1-8,10-12H,9,13H2. The molecule has 4 aromatic rings. The van der Waals surface area contributed by atoms with Crippen molar-refractivity contribution in [2.75, 3.05) is 0 Å². The van der Waals surface area contributed by atoms with E-state index in [9.17, 15) is 18.0 Å². The predicted octanol–water partition coefficient (Wildman–Crippen LogP) is 4.84. The van der Waals surface area contributed by atoms with E-state index in [-0.39, 0.29) is 11.5 Å². The Morgan fingerprint density at radius 1 is 1.00 bits per heavy atom. The highest BCUT2D eigenvalue weighted by Crippen LogP contribution is 2.32. The Morgan fingerprint density at radius 3 is 2.53 bits per heavy atom. The molecule has 4 rings (SSSR count). The SMILES string of the molecule is O=Cc1cc(CSc2cccc(C(F)(F)F)c2)nc2nc(Cc3ccccc3)nn12. The quantitative estimate of drug-likeness (QED) is 0.325. The molecule has 0 bridgehead atoms. The van der Waals surface area contributed by atoms with Crippen LogP contribution in [0.3, 0.4) is 0 Å². The van der Waals surface area contributed by atoms with Gasteiger partial charge in [0, 0.05) is 17.1 Å². The molecule has 0 aliphatic carbocycles. The van der Waals surface area contributed by atoms with E-state index in [0.717, 1.165) is 17.7 Å². The summed E-state index contributed by atoms with van der Waals surface area (Å²) in [4.78, 5) is 20.8. The second-order valence-corrected chi connectivity index (χ2v) is 7.56. The van der Waals surface area contributed by atoms with Crippen LogP contribution in [0, 0.1) is 0 Å². The molecule has 0 N–H and O–H groups in total. The Balaban J connectivity index is 1.57. The van der Waals surface area contributed by atoms with Crippen LogP contribution in [-0.2, 0) is 18.3 Å². The Hall–Kier alpha value is -3.20. The van der Waals surface area contributed by atoms with Gasteiger partial charge in [-0.2, -0.15) is 22.7 Å². The third kappa shape index (κ3) is 4.51. The largest absolute Gasteiger partial charge is 0.416 e. The zero-order chi connectivity index (χ0) is 21.1. The monoisotopic (exact) mass is 428 g/mol. The van der Waals surface area contributed by atoms with E-state index in [0.29, 0.717) is 34.9 Å². The zero-order valence-corrected chi connectivity index (χ0v) is 16.3. The van der Waals surface area contributed by atoms with Crippen LogP contribution in [0.5, 0.6) is 0 Å². The summed E-state index contributed by atoms with van der Waals surface area (Å²) in [6, 6.07) is 16.3. The second kappa shape index (κ2) is 8.27. The summed E-state index contributed by atoms with van der Waals surface area (Å²) in [6.07, 6.45) is -3.24. The first-order valence-corrected chi connectivity index (χ1v) is 9.96. The second-order valence-electron chi connectivity index (χ2n) is 6.51. The number of nitrogens with zero attached hydrogens (tertiary/aromatic N) is 4. The fraction of sp³-hybridized carbons (Fsp3) is 0.143. The lowest BCUT2D eigenvalue weighted by atomic mass is 10.1. The highest BCUT2D eigenvalue weighted by molar-refractivity contribution is 7.98. The Bertz CT molecular complexity index is 1190. The Labute approximate surface area is 174 Å². The van der Waals surface area contributed by atoms with E-state index in [2.05, 4.69) is 15.1 Å². The summed E-state index contributed by atoms with van der Waals surface area (Å²) in [7, 11) is 0. The lowest BCUT2D eigenvalue weighted by molar-refractivity contribution is -0.137. The van der Waals surface area contributed by atoms with Gasteiger partial charge in [-0.05, 0) is 29.8 Å². The summed E-state index contributed by atoms with van der Waals surface area (Å²) >= 11 is 1.21. The molecule has 2 aromatic carbocycles. The van der Waals surface area contributed by atoms with Gasteiger partial charge in [0.15, 0.2) is 12.1 Å². The summed E-state index contributed by atoms with van der Waals surface area (Å²) in [5.74, 6) is 1.10. The average Bonchev–Trinajstić information content (AvgIpc) is 3.14. The van der Waals surface area contributed by atoms with Crippen molar-refractivity contribution in [2.45, 2.75) is 23.2 Å². The third-order valence-corrected chi connectivity index (χ3v) is 5.34. The van der Waals surface area contributed by atoms with E-state index in [1.807, 2.05) is 30.3 Å². The topological polar surface area (TPSA) is 60.2 Å². The molecule has 0 fully saturated rings. The molecule has 0 aliphatic heterocycles. The maximum atomic E-state index is 12.9. The van der Waals surface area contributed by atoms with Crippen LogP contribution in [0.15, 0.2) is 65.6 Å². The molecule has 0 amide bonds. The van der Waals surface area contributed by atoms with Crippen molar-refractivity contribution in [3.63, 3.8) is 0 Å². The number of alkyl halides is 3. The molecule has 0 atom stereocenters. The molecule has 2 aromatic heterocycles. The average molecular weight is 428 g/mol. The maximum Gasteiger partial charge on any atom is 0.416 e. The minimum Gasteiger partial charge on any atom is -0.296 e. The van der Waals surface area contributed by atoms with Gasteiger partial charge in [0.1, 0.15) is 5.69 Å². The number of carbonyl (C=O) groups excluding carboxylic acids is 1. The molecule has 5 nitrogen and oxygen atoms in total. The molecule has 0 saturated heterocycles. The summed E-state index contributed by atoms with van der Waals surface area (Å²) in [5.41, 5.74) is 1.14. The van der Waals surface area contributed by atoms with Crippen molar-refractivity contribution in [1.29, 1.82) is 0 Å². The first-order chi connectivity index (χ1) is 14.4. The van der Waals surface area contributed by atoms with Gasteiger partial charge >= 0.3 is 6.18 Å². The molecule has 2 heterocycles. The van der Waals surface area contributed by atoms with Gasteiger partial charge < -0.3 is 0 Å².